The minimum atomic E-state index is -0.0748. The maximum Gasteiger partial charge on any atom is 0.230 e. The lowest BCUT2D eigenvalue weighted by Gasteiger charge is -2.20. The molecule has 1 aromatic heterocycles. The van der Waals surface area contributed by atoms with Crippen LogP contribution in [-0.2, 0) is 9.59 Å². The third-order valence-corrected chi connectivity index (χ3v) is 6.36. The molecule has 6 nitrogen and oxygen atoms in total. The topological polar surface area (TPSA) is 67.2 Å². The van der Waals surface area contributed by atoms with Gasteiger partial charge in [0.25, 0.3) is 0 Å². The van der Waals surface area contributed by atoms with E-state index in [0.717, 1.165) is 36.8 Å². The van der Waals surface area contributed by atoms with Gasteiger partial charge in [-0.05, 0) is 43.9 Å². The molecule has 2 aromatic rings. The molecule has 0 spiro atoms. The fourth-order valence-corrected chi connectivity index (χ4v) is 4.34. The fourth-order valence-electron chi connectivity index (χ4n) is 3.54. The van der Waals surface area contributed by atoms with Crippen LogP contribution in [0.5, 0.6) is 0 Å². The largest absolute Gasteiger partial charge is 0.355 e. The van der Waals surface area contributed by atoms with E-state index in [2.05, 4.69) is 36.3 Å². The Kier molecular flexibility index (Phi) is 7.75. The highest BCUT2D eigenvalue weighted by Crippen LogP contribution is 2.24. The SMILES string of the molecule is Cc1cccc(-n2ccnc2SCC(=O)NCCC(=O)N2CCCCCC2)c1C. The second kappa shape index (κ2) is 10.5. The van der Waals surface area contributed by atoms with Gasteiger partial charge in [-0.2, -0.15) is 0 Å². The van der Waals surface area contributed by atoms with Crippen molar-refractivity contribution in [2.24, 2.45) is 0 Å². The average Bonchev–Trinajstić information content (AvgIpc) is 3.00. The third-order valence-electron chi connectivity index (χ3n) is 5.39. The Morgan fingerprint density at radius 1 is 1.14 bits per heavy atom. The Balaban J connectivity index is 1.46. The van der Waals surface area contributed by atoms with Gasteiger partial charge < -0.3 is 10.2 Å². The number of likely N-dealkylation sites (tertiary alicyclic amines) is 1. The minimum absolute atomic E-state index is 0.0748. The molecule has 0 unspecified atom stereocenters. The monoisotopic (exact) mass is 414 g/mol. The van der Waals surface area contributed by atoms with E-state index in [-0.39, 0.29) is 17.6 Å². The molecule has 1 N–H and O–H groups in total. The molecule has 1 aliphatic heterocycles. The van der Waals surface area contributed by atoms with Crippen molar-refractivity contribution in [2.45, 2.75) is 51.1 Å². The number of aromatic nitrogens is 2. The van der Waals surface area contributed by atoms with Crippen LogP contribution < -0.4 is 5.32 Å². The van der Waals surface area contributed by atoms with Gasteiger partial charge in [0.15, 0.2) is 5.16 Å². The summed E-state index contributed by atoms with van der Waals surface area (Å²) in [6.45, 7) is 6.27. The number of hydrogen-bond donors (Lipinski definition) is 1. The van der Waals surface area contributed by atoms with Crippen molar-refractivity contribution in [1.82, 2.24) is 19.8 Å². The molecule has 0 atom stereocenters. The summed E-state index contributed by atoms with van der Waals surface area (Å²) in [5, 5.41) is 3.65. The van der Waals surface area contributed by atoms with Crippen molar-refractivity contribution < 1.29 is 9.59 Å². The van der Waals surface area contributed by atoms with Crippen LogP contribution in [0.15, 0.2) is 35.7 Å². The highest BCUT2D eigenvalue weighted by molar-refractivity contribution is 7.99. The Morgan fingerprint density at radius 3 is 2.66 bits per heavy atom. The predicted octanol–water partition coefficient (Wildman–Crippen LogP) is 3.49. The molecule has 7 heteroatoms. The van der Waals surface area contributed by atoms with Crippen LogP contribution in [-0.4, -0.2) is 51.7 Å². The summed E-state index contributed by atoms with van der Waals surface area (Å²) in [6.07, 6.45) is 8.62. The van der Waals surface area contributed by atoms with Crippen molar-refractivity contribution >= 4 is 23.6 Å². The van der Waals surface area contributed by atoms with Crippen molar-refractivity contribution in [3.8, 4) is 5.69 Å². The van der Waals surface area contributed by atoms with Gasteiger partial charge >= 0.3 is 0 Å². The van der Waals surface area contributed by atoms with E-state index in [9.17, 15) is 9.59 Å². The highest BCUT2D eigenvalue weighted by Gasteiger charge is 2.16. The summed E-state index contributed by atoms with van der Waals surface area (Å²) >= 11 is 1.41. The van der Waals surface area contributed by atoms with Crippen LogP contribution >= 0.6 is 11.8 Å². The molecule has 1 aliphatic rings. The number of amides is 2. The van der Waals surface area contributed by atoms with Crippen molar-refractivity contribution in [2.75, 3.05) is 25.4 Å². The number of carbonyl (C=O) groups excluding carboxylic acids is 2. The van der Waals surface area contributed by atoms with Gasteiger partial charge in [-0.15, -0.1) is 0 Å². The van der Waals surface area contributed by atoms with Crippen molar-refractivity contribution in [1.29, 1.82) is 0 Å². The van der Waals surface area contributed by atoms with E-state index in [0.29, 0.717) is 13.0 Å². The van der Waals surface area contributed by atoms with Gasteiger partial charge in [-0.25, -0.2) is 4.98 Å². The minimum Gasteiger partial charge on any atom is -0.355 e. The number of nitrogens with one attached hydrogen (secondary N) is 1. The first kappa shape index (κ1) is 21.4. The van der Waals surface area contributed by atoms with Crippen LogP contribution in [0.25, 0.3) is 5.69 Å². The first-order chi connectivity index (χ1) is 14.1. The number of benzene rings is 1. The molecule has 1 aromatic carbocycles. The molecule has 0 aliphatic carbocycles. The Bertz CT molecular complexity index is 841. The van der Waals surface area contributed by atoms with Gasteiger partial charge in [0, 0.05) is 38.4 Å². The number of nitrogens with zero attached hydrogens (tertiary/aromatic N) is 3. The normalized spacial score (nSPS) is 14.5. The molecular formula is C22H30N4O2S. The number of rotatable bonds is 7. The zero-order valence-corrected chi connectivity index (χ0v) is 18.1. The molecule has 1 saturated heterocycles. The summed E-state index contributed by atoms with van der Waals surface area (Å²) in [4.78, 5) is 30.9. The molecule has 2 heterocycles. The van der Waals surface area contributed by atoms with Gasteiger partial charge in [0.05, 0.1) is 11.4 Å². The van der Waals surface area contributed by atoms with Crippen molar-refractivity contribution in [3.05, 3.63) is 41.7 Å². The predicted molar refractivity (Wildman–Crippen MR) is 116 cm³/mol. The van der Waals surface area contributed by atoms with Gasteiger partial charge in [-0.1, -0.05) is 36.7 Å². The maximum atomic E-state index is 12.3. The standard InChI is InChI=1S/C22H30N4O2S/c1-17-8-7-9-19(18(17)2)26-15-12-24-22(26)29-16-20(27)23-11-10-21(28)25-13-5-3-4-6-14-25/h7-9,12,15H,3-6,10-11,13-14,16H2,1-2H3,(H,23,27). The molecule has 2 amide bonds. The van der Waals surface area contributed by atoms with Crippen LogP contribution in [0.2, 0.25) is 0 Å². The van der Waals surface area contributed by atoms with E-state index in [4.69, 9.17) is 0 Å². The molecule has 29 heavy (non-hydrogen) atoms. The zero-order valence-electron chi connectivity index (χ0n) is 17.3. The second-order valence-corrected chi connectivity index (χ2v) is 8.42. The van der Waals surface area contributed by atoms with Crippen LogP contribution in [0, 0.1) is 13.8 Å². The molecule has 156 valence electrons. The lowest BCUT2D eigenvalue weighted by molar-refractivity contribution is -0.131. The Morgan fingerprint density at radius 2 is 1.90 bits per heavy atom. The maximum absolute atomic E-state index is 12.3. The number of thioether (sulfide) groups is 1. The number of imidazole rings is 1. The zero-order chi connectivity index (χ0) is 20.6. The van der Waals surface area contributed by atoms with E-state index < -0.39 is 0 Å². The third kappa shape index (κ3) is 5.85. The van der Waals surface area contributed by atoms with Crippen molar-refractivity contribution in [3.63, 3.8) is 0 Å². The Hall–Kier alpha value is -2.28. The molecular weight excluding hydrogens is 384 g/mol. The van der Waals surface area contributed by atoms with Gasteiger partial charge in [0.1, 0.15) is 0 Å². The van der Waals surface area contributed by atoms with Crippen LogP contribution in [0.4, 0.5) is 0 Å². The molecule has 0 radical (unpaired) electrons. The second-order valence-electron chi connectivity index (χ2n) is 7.48. The van der Waals surface area contributed by atoms with E-state index in [1.54, 1.807) is 6.20 Å². The van der Waals surface area contributed by atoms with Crippen LogP contribution in [0.1, 0.15) is 43.2 Å². The molecule has 1 fully saturated rings. The average molecular weight is 415 g/mol. The first-order valence-corrected chi connectivity index (χ1v) is 11.3. The fraction of sp³-hybridized carbons (Fsp3) is 0.500. The van der Waals surface area contributed by atoms with E-state index in [1.165, 1.54) is 35.7 Å². The molecule has 0 saturated carbocycles. The molecule has 0 bridgehead atoms. The summed E-state index contributed by atoms with van der Waals surface area (Å²) in [6, 6.07) is 6.17. The summed E-state index contributed by atoms with van der Waals surface area (Å²) < 4.78 is 2.02. The smallest absolute Gasteiger partial charge is 0.230 e. The number of hydrogen-bond acceptors (Lipinski definition) is 4. The summed E-state index contributed by atoms with van der Waals surface area (Å²) in [5.41, 5.74) is 3.50. The van der Waals surface area contributed by atoms with Gasteiger partial charge in [-0.3, -0.25) is 14.2 Å². The summed E-state index contributed by atoms with van der Waals surface area (Å²) in [7, 11) is 0. The Labute approximate surface area is 177 Å². The number of aryl methyl sites for hydroxylation is 1. The summed E-state index contributed by atoms with van der Waals surface area (Å²) in [5.74, 6) is 0.347. The van der Waals surface area contributed by atoms with E-state index in [1.807, 2.05) is 21.7 Å². The first-order valence-electron chi connectivity index (χ1n) is 10.3. The quantitative estimate of drug-likeness (QED) is 0.705. The van der Waals surface area contributed by atoms with Gasteiger partial charge in [0.2, 0.25) is 11.8 Å². The lowest BCUT2D eigenvalue weighted by Crippen LogP contribution is -2.35. The number of carbonyl (C=O) groups is 2. The lowest BCUT2D eigenvalue weighted by atomic mass is 10.1. The molecule has 3 rings (SSSR count). The van der Waals surface area contributed by atoms with Crippen LogP contribution in [0.3, 0.4) is 0 Å². The highest BCUT2D eigenvalue weighted by atomic mass is 32.2. The van der Waals surface area contributed by atoms with E-state index >= 15 is 0 Å².